The molecule has 3 unspecified atom stereocenters. The molecular weight excluding hydrogens is 296 g/mol. The fourth-order valence-corrected chi connectivity index (χ4v) is 2.98. The average molecular weight is 318 g/mol. The number of amides is 2. The highest BCUT2D eigenvalue weighted by Gasteiger charge is 2.30. The maximum absolute atomic E-state index is 12.2. The number of rotatable bonds is 4. The molecule has 1 aromatic heterocycles. The summed E-state index contributed by atoms with van der Waals surface area (Å²) in [5.41, 5.74) is 1.88. The standard InChI is InChI=1S/C17H22N2O4/c1-10-12-6-4-5-7-14(12)23-16(10)11(2)18-17(20)19-13-8-22-9-15(13)21-3/h4-7,11,13,15H,8-9H2,1-3H3,(H2,18,19,20). The Kier molecular flexibility index (Phi) is 4.54. The zero-order chi connectivity index (χ0) is 16.4. The second-order valence-corrected chi connectivity index (χ2v) is 5.85. The number of methoxy groups -OCH3 is 1. The third-order valence-electron chi connectivity index (χ3n) is 4.27. The molecule has 6 heteroatoms. The topological polar surface area (TPSA) is 72.7 Å². The van der Waals surface area contributed by atoms with Crippen LogP contribution in [0.1, 0.15) is 24.3 Å². The molecule has 2 N–H and O–H groups in total. The number of carbonyl (C=O) groups excluding carboxylic acids is 1. The molecule has 3 atom stereocenters. The van der Waals surface area contributed by atoms with Crippen molar-refractivity contribution in [2.45, 2.75) is 32.0 Å². The molecule has 0 saturated carbocycles. The van der Waals surface area contributed by atoms with Crippen LogP contribution in [0.25, 0.3) is 11.0 Å². The Morgan fingerprint density at radius 3 is 2.87 bits per heavy atom. The van der Waals surface area contributed by atoms with Gasteiger partial charge in [0.25, 0.3) is 0 Å². The van der Waals surface area contributed by atoms with E-state index in [1.54, 1.807) is 7.11 Å². The second kappa shape index (κ2) is 6.60. The maximum atomic E-state index is 12.2. The van der Waals surface area contributed by atoms with Gasteiger partial charge in [-0.2, -0.15) is 0 Å². The summed E-state index contributed by atoms with van der Waals surface area (Å²) in [5, 5.41) is 6.88. The van der Waals surface area contributed by atoms with Gasteiger partial charge in [0.2, 0.25) is 0 Å². The fraction of sp³-hybridized carbons (Fsp3) is 0.471. The van der Waals surface area contributed by atoms with Crippen LogP contribution in [-0.2, 0) is 9.47 Å². The molecule has 1 aromatic carbocycles. The van der Waals surface area contributed by atoms with E-state index in [0.717, 1.165) is 22.3 Å². The van der Waals surface area contributed by atoms with Crippen LogP contribution < -0.4 is 10.6 Å². The fourth-order valence-electron chi connectivity index (χ4n) is 2.98. The van der Waals surface area contributed by atoms with Gasteiger partial charge in [-0.05, 0) is 19.9 Å². The maximum Gasteiger partial charge on any atom is 0.315 e. The minimum Gasteiger partial charge on any atom is -0.459 e. The minimum absolute atomic E-state index is 0.107. The minimum atomic E-state index is -0.255. The van der Waals surface area contributed by atoms with E-state index in [9.17, 15) is 4.79 Å². The SMILES string of the molecule is COC1COCC1NC(=O)NC(C)c1oc2ccccc2c1C. The van der Waals surface area contributed by atoms with E-state index in [2.05, 4.69) is 10.6 Å². The lowest BCUT2D eigenvalue weighted by Crippen LogP contribution is -2.48. The lowest BCUT2D eigenvalue weighted by Gasteiger charge is -2.20. The number of aryl methyl sites for hydroxylation is 1. The van der Waals surface area contributed by atoms with Crippen LogP contribution in [0.4, 0.5) is 4.79 Å². The third-order valence-corrected chi connectivity index (χ3v) is 4.27. The lowest BCUT2D eigenvalue weighted by atomic mass is 10.1. The molecule has 2 aromatic rings. The van der Waals surface area contributed by atoms with E-state index in [1.807, 2.05) is 38.1 Å². The molecule has 0 bridgehead atoms. The lowest BCUT2D eigenvalue weighted by molar-refractivity contribution is 0.0744. The van der Waals surface area contributed by atoms with Crippen molar-refractivity contribution in [2.24, 2.45) is 0 Å². The first-order valence-electron chi connectivity index (χ1n) is 7.75. The zero-order valence-corrected chi connectivity index (χ0v) is 13.6. The normalized spacial score (nSPS) is 22.2. The zero-order valence-electron chi connectivity index (χ0n) is 13.6. The van der Waals surface area contributed by atoms with Gasteiger partial charge in [-0.3, -0.25) is 0 Å². The van der Waals surface area contributed by atoms with Gasteiger partial charge in [-0.25, -0.2) is 4.79 Å². The van der Waals surface area contributed by atoms with Crippen LogP contribution in [0, 0.1) is 6.92 Å². The second-order valence-electron chi connectivity index (χ2n) is 5.85. The van der Waals surface area contributed by atoms with Gasteiger partial charge in [0.15, 0.2) is 0 Å². The summed E-state index contributed by atoms with van der Waals surface area (Å²) in [6, 6.07) is 7.24. The molecule has 0 aliphatic carbocycles. The average Bonchev–Trinajstić information content (AvgIpc) is 3.12. The molecule has 23 heavy (non-hydrogen) atoms. The number of urea groups is 1. The summed E-state index contributed by atoms with van der Waals surface area (Å²) in [4.78, 5) is 12.2. The first kappa shape index (κ1) is 15.8. The number of fused-ring (bicyclic) bond motifs is 1. The van der Waals surface area contributed by atoms with Gasteiger partial charge < -0.3 is 24.5 Å². The van der Waals surface area contributed by atoms with Crippen LogP contribution in [0.3, 0.4) is 0 Å². The quantitative estimate of drug-likeness (QED) is 0.908. The monoisotopic (exact) mass is 318 g/mol. The van der Waals surface area contributed by atoms with Gasteiger partial charge in [-0.15, -0.1) is 0 Å². The predicted octanol–water partition coefficient (Wildman–Crippen LogP) is 2.52. The van der Waals surface area contributed by atoms with Crippen molar-refractivity contribution in [3.05, 3.63) is 35.6 Å². The van der Waals surface area contributed by atoms with Gasteiger partial charge >= 0.3 is 6.03 Å². The van der Waals surface area contributed by atoms with Gasteiger partial charge in [0.05, 0.1) is 25.3 Å². The Bertz CT molecular complexity index is 697. The number of nitrogens with one attached hydrogen (secondary N) is 2. The summed E-state index contributed by atoms with van der Waals surface area (Å²) >= 11 is 0. The van der Waals surface area contributed by atoms with Crippen LogP contribution in [-0.4, -0.2) is 38.5 Å². The Hall–Kier alpha value is -2.05. The van der Waals surface area contributed by atoms with Crippen molar-refractivity contribution in [3.8, 4) is 0 Å². The Morgan fingerprint density at radius 1 is 1.35 bits per heavy atom. The van der Waals surface area contributed by atoms with Crippen LogP contribution in [0.5, 0.6) is 0 Å². The first-order chi connectivity index (χ1) is 11.1. The highest BCUT2D eigenvalue weighted by atomic mass is 16.5. The predicted molar refractivity (Wildman–Crippen MR) is 86.4 cm³/mol. The van der Waals surface area contributed by atoms with Crippen molar-refractivity contribution in [3.63, 3.8) is 0 Å². The molecule has 3 rings (SSSR count). The number of furan rings is 1. The van der Waals surface area contributed by atoms with E-state index >= 15 is 0 Å². The van der Waals surface area contributed by atoms with Crippen molar-refractivity contribution < 1.29 is 18.7 Å². The van der Waals surface area contributed by atoms with Gasteiger partial charge in [-0.1, -0.05) is 18.2 Å². The molecule has 2 amide bonds. The Labute approximate surface area is 135 Å². The number of benzene rings is 1. The Morgan fingerprint density at radius 2 is 2.13 bits per heavy atom. The summed E-state index contributed by atoms with van der Waals surface area (Å²) in [7, 11) is 1.62. The summed E-state index contributed by atoms with van der Waals surface area (Å²) in [6.07, 6.45) is -0.107. The van der Waals surface area contributed by atoms with E-state index in [4.69, 9.17) is 13.9 Å². The summed E-state index contributed by atoms with van der Waals surface area (Å²) < 4.78 is 16.5. The molecule has 1 saturated heterocycles. The largest absolute Gasteiger partial charge is 0.459 e. The van der Waals surface area contributed by atoms with E-state index in [0.29, 0.717) is 13.2 Å². The van der Waals surface area contributed by atoms with Crippen molar-refractivity contribution >= 4 is 17.0 Å². The van der Waals surface area contributed by atoms with Gasteiger partial charge in [0.1, 0.15) is 17.4 Å². The molecule has 0 radical (unpaired) electrons. The third kappa shape index (κ3) is 3.18. The van der Waals surface area contributed by atoms with E-state index in [1.165, 1.54) is 0 Å². The molecule has 6 nitrogen and oxygen atoms in total. The number of hydrogen-bond acceptors (Lipinski definition) is 4. The number of carbonyl (C=O) groups is 1. The van der Waals surface area contributed by atoms with Gasteiger partial charge in [0, 0.05) is 18.1 Å². The molecular formula is C17H22N2O4. The van der Waals surface area contributed by atoms with Crippen LogP contribution >= 0.6 is 0 Å². The van der Waals surface area contributed by atoms with Crippen molar-refractivity contribution in [2.75, 3.05) is 20.3 Å². The number of para-hydroxylation sites is 1. The smallest absolute Gasteiger partial charge is 0.315 e. The molecule has 0 spiro atoms. The molecule has 1 aliphatic rings. The Balaban J connectivity index is 1.67. The summed E-state index contributed by atoms with van der Waals surface area (Å²) in [5.74, 6) is 0.771. The van der Waals surface area contributed by atoms with E-state index < -0.39 is 0 Å². The summed E-state index contributed by atoms with van der Waals surface area (Å²) in [6.45, 7) is 4.87. The highest BCUT2D eigenvalue weighted by Crippen LogP contribution is 2.29. The molecule has 1 fully saturated rings. The van der Waals surface area contributed by atoms with E-state index in [-0.39, 0.29) is 24.2 Å². The number of ether oxygens (including phenoxy) is 2. The number of hydrogen-bond donors (Lipinski definition) is 2. The molecule has 2 heterocycles. The highest BCUT2D eigenvalue weighted by molar-refractivity contribution is 5.82. The van der Waals surface area contributed by atoms with Crippen LogP contribution in [0.2, 0.25) is 0 Å². The van der Waals surface area contributed by atoms with Crippen LogP contribution in [0.15, 0.2) is 28.7 Å². The van der Waals surface area contributed by atoms with Crippen molar-refractivity contribution in [1.82, 2.24) is 10.6 Å². The molecule has 1 aliphatic heterocycles. The first-order valence-corrected chi connectivity index (χ1v) is 7.75. The molecule has 124 valence electrons. The van der Waals surface area contributed by atoms with Crippen molar-refractivity contribution in [1.29, 1.82) is 0 Å².